The zero-order valence-electron chi connectivity index (χ0n) is 11.1. The van der Waals surface area contributed by atoms with E-state index < -0.39 is 15.6 Å². The molecule has 0 radical (unpaired) electrons. The fourth-order valence-corrected chi connectivity index (χ4v) is 3.21. The van der Waals surface area contributed by atoms with Gasteiger partial charge in [-0.15, -0.1) is 0 Å². The van der Waals surface area contributed by atoms with Crippen molar-refractivity contribution in [3.8, 4) is 0 Å². The minimum Gasteiger partial charge on any atom is -0.311 e. The molecule has 0 fully saturated rings. The zero-order chi connectivity index (χ0) is 14.7. The molecule has 108 valence electrons. The smallest absolute Gasteiger partial charge is 0.209 e. The van der Waals surface area contributed by atoms with Crippen LogP contribution in [0.5, 0.6) is 0 Å². The molecule has 1 aromatic rings. The van der Waals surface area contributed by atoms with E-state index in [1.165, 1.54) is 6.07 Å². The summed E-state index contributed by atoms with van der Waals surface area (Å²) in [6.07, 6.45) is 1.11. The molecule has 19 heavy (non-hydrogen) atoms. The van der Waals surface area contributed by atoms with Crippen LogP contribution in [0.2, 0.25) is 0 Å². The molecule has 0 spiro atoms. The fourth-order valence-electron chi connectivity index (χ4n) is 1.73. The van der Waals surface area contributed by atoms with Crippen molar-refractivity contribution in [2.75, 3.05) is 12.8 Å². The Morgan fingerprint density at radius 2 is 2.00 bits per heavy atom. The molecule has 0 amide bonds. The van der Waals surface area contributed by atoms with Crippen LogP contribution in [0, 0.1) is 5.82 Å². The average molecular weight is 353 g/mol. The van der Waals surface area contributed by atoms with E-state index in [0.717, 1.165) is 10.7 Å². The fraction of sp³-hybridized carbons (Fsp3) is 0.500. The Morgan fingerprint density at radius 3 is 2.58 bits per heavy atom. The molecule has 1 rings (SSSR count). The second kappa shape index (κ2) is 6.30. The SMILES string of the molecule is CC(C)(CNCc1cc(Br)ccc1F)NS(C)(=O)=O. The van der Waals surface area contributed by atoms with Crippen LogP contribution in [0.1, 0.15) is 19.4 Å². The molecular weight excluding hydrogens is 335 g/mol. The van der Waals surface area contributed by atoms with E-state index in [0.29, 0.717) is 18.7 Å². The first kappa shape index (κ1) is 16.6. The number of sulfonamides is 1. The van der Waals surface area contributed by atoms with E-state index in [9.17, 15) is 12.8 Å². The van der Waals surface area contributed by atoms with Crippen molar-refractivity contribution in [2.45, 2.75) is 25.9 Å². The Kier molecular flexibility index (Phi) is 5.49. The second-order valence-electron chi connectivity index (χ2n) is 5.10. The number of nitrogens with one attached hydrogen (secondary N) is 2. The third-order valence-corrected chi connectivity index (χ3v) is 3.77. The molecule has 0 saturated heterocycles. The van der Waals surface area contributed by atoms with Crippen molar-refractivity contribution in [3.63, 3.8) is 0 Å². The lowest BCUT2D eigenvalue weighted by molar-refractivity contribution is 0.418. The molecule has 0 unspecified atom stereocenters. The lowest BCUT2D eigenvalue weighted by Crippen LogP contribution is -2.49. The summed E-state index contributed by atoms with van der Waals surface area (Å²) in [6.45, 7) is 4.25. The van der Waals surface area contributed by atoms with Crippen molar-refractivity contribution < 1.29 is 12.8 Å². The van der Waals surface area contributed by atoms with Gasteiger partial charge in [-0.25, -0.2) is 17.5 Å². The molecule has 0 heterocycles. The van der Waals surface area contributed by atoms with Crippen molar-refractivity contribution in [3.05, 3.63) is 34.1 Å². The Hall–Kier alpha value is -0.500. The molecular formula is C12H18BrFN2O2S. The maximum absolute atomic E-state index is 13.5. The van der Waals surface area contributed by atoms with Gasteiger partial charge in [0.05, 0.1) is 6.26 Å². The standard InChI is InChI=1S/C12H18BrFN2O2S/c1-12(2,16-19(3,17)18)8-15-7-9-6-10(13)4-5-11(9)14/h4-6,15-16H,7-8H2,1-3H3. The van der Waals surface area contributed by atoms with Crippen LogP contribution in [-0.4, -0.2) is 26.8 Å². The molecule has 0 bridgehead atoms. The summed E-state index contributed by atoms with van der Waals surface area (Å²) in [4.78, 5) is 0. The Labute approximate surface area is 122 Å². The highest BCUT2D eigenvalue weighted by Crippen LogP contribution is 2.15. The lowest BCUT2D eigenvalue weighted by atomic mass is 10.1. The molecule has 2 N–H and O–H groups in total. The summed E-state index contributed by atoms with van der Waals surface area (Å²) in [7, 11) is -3.26. The minimum atomic E-state index is -3.26. The van der Waals surface area contributed by atoms with Gasteiger partial charge in [0.25, 0.3) is 0 Å². The van der Waals surface area contributed by atoms with Crippen LogP contribution >= 0.6 is 15.9 Å². The highest BCUT2D eigenvalue weighted by Gasteiger charge is 2.21. The van der Waals surface area contributed by atoms with Gasteiger partial charge >= 0.3 is 0 Å². The van der Waals surface area contributed by atoms with Crippen LogP contribution in [0.15, 0.2) is 22.7 Å². The van der Waals surface area contributed by atoms with Crippen LogP contribution in [0.4, 0.5) is 4.39 Å². The quantitative estimate of drug-likeness (QED) is 0.823. The van der Waals surface area contributed by atoms with Crippen LogP contribution < -0.4 is 10.0 Å². The first-order valence-electron chi connectivity index (χ1n) is 5.73. The topological polar surface area (TPSA) is 58.2 Å². The molecule has 0 atom stereocenters. The van der Waals surface area contributed by atoms with Gasteiger partial charge in [-0.05, 0) is 32.0 Å². The van der Waals surface area contributed by atoms with E-state index in [1.54, 1.807) is 26.0 Å². The van der Waals surface area contributed by atoms with Gasteiger partial charge in [-0.2, -0.15) is 0 Å². The molecule has 0 aromatic heterocycles. The summed E-state index contributed by atoms with van der Waals surface area (Å²) < 4.78 is 39.2. The van der Waals surface area contributed by atoms with Crippen molar-refractivity contribution in [1.29, 1.82) is 0 Å². The largest absolute Gasteiger partial charge is 0.311 e. The van der Waals surface area contributed by atoms with Crippen LogP contribution in [0.25, 0.3) is 0 Å². The maximum atomic E-state index is 13.5. The first-order chi connectivity index (χ1) is 8.59. The van der Waals surface area contributed by atoms with E-state index in [-0.39, 0.29) is 5.82 Å². The minimum absolute atomic E-state index is 0.287. The monoisotopic (exact) mass is 352 g/mol. The average Bonchev–Trinajstić information content (AvgIpc) is 2.19. The molecule has 0 aliphatic carbocycles. The van der Waals surface area contributed by atoms with Crippen molar-refractivity contribution in [2.24, 2.45) is 0 Å². The molecule has 0 aliphatic heterocycles. The summed E-state index contributed by atoms with van der Waals surface area (Å²) in [5.41, 5.74) is -0.0969. The summed E-state index contributed by atoms with van der Waals surface area (Å²) in [6, 6.07) is 4.72. The van der Waals surface area contributed by atoms with E-state index in [1.807, 2.05) is 0 Å². The van der Waals surface area contributed by atoms with Crippen LogP contribution in [0.3, 0.4) is 0 Å². The second-order valence-corrected chi connectivity index (χ2v) is 7.76. The number of benzene rings is 1. The third-order valence-electron chi connectivity index (χ3n) is 2.35. The number of hydrogen-bond donors (Lipinski definition) is 2. The third kappa shape index (κ3) is 6.47. The summed E-state index contributed by atoms with van der Waals surface area (Å²) >= 11 is 3.28. The molecule has 0 aliphatic rings. The zero-order valence-corrected chi connectivity index (χ0v) is 13.5. The highest BCUT2D eigenvalue weighted by atomic mass is 79.9. The normalized spacial score (nSPS) is 12.7. The van der Waals surface area contributed by atoms with Gasteiger partial charge in [0.1, 0.15) is 5.82 Å². The molecule has 7 heteroatoms. The Bertz CT molecular complexity index is 547. The van der Waals surface area contributed by atoms with Gasteiger partial charge in [0.2, 0.25) is 10.0 Å². The van der Waals surface area contributed by atoms with Gasteiger partial charge in [-0.1, -0.05) is 15.9 Å². The van der Waals surface area contributed by atoms with E-state index >= 15 is 0 Å². The Morgan fingerprint density at radius 1 is 1.37 bits per heavy atom. The molecule has 1 aromatic carbocycles. The summed E-state index contributed by atoms with van der Waals surface area (Å²) in [5, 5.41) is 3.04. The van der Waals surface area contributed by atoms with Gasteiger partial charge in [0, 0.05) is 28.7 Å². The number of rotatable bonds is 6. The van der Waals surface area contributed by atoms with Crippen LogP contribution in [-0.2, 0) is 16.6 Å². The first-order valence-corrected chi connectivity index (χ1v) is 8.41. The Balaban J connectivity index is 2.56. The maximum Gasteiger partial charge on any atom is 0.209 e. The predicted octanol–water partition coefficient (Wildman–Crippen LogP) is 2.01. The van der Waals surface area contributed by atoms with Crippen molar-refractivity contribution in [1.82, 2.24) is 10.0 Å². The number of halogens is 2. The molecule has 4 nitrogen and oxygen atoms in total. The number of hydrogen-bond acceptors (Lipinski definition) is 3. The molecule has 0 saturated carbocycles. The summed E-state index contributed by atoms with van der Waals surface area (Å²) in [5.74, 6) is -0.287. The van der Waals surface area contributed by atoms with Gasteiger partial charge < -0.3 is 5.32 Å². The predicted molar refractivity (Wildman–Crippen MR) is 77.9 cm³/mol. The highest BCUT2D eigenvalue weighted by molar-refractivity contribution is 9.10. The van der Waals surface area contributed by atoms with Crippen molar-refractivity contribution >= 4 is 26.0 Å². The van der Waals surface area contributed by atoms with Gasteiger partial charge in [-0.3, -0.25) is 0 Å². The van der Waals surface area contributed by atoms with E-state index in [4.69, 9.17) is 0 Å². The van der Waals surface area contributed by atoms with Gasteiger partial charge in [0.15, 0.2) is 0 Å². The van der Waals surface area contributed by atoms with E-state index in [2.05, 4.69) is 26.0 Å². The lowest BCUT2D eigenvalue weighted by Gasteiger charge is -2.25.